The van der Waals surface area contributed by atoms with Crippen LogP contribution in [0.2, 0.25) is 5.02 Å². The first kappa shape index (κ1) is 17.7. The summed E-state index contributed by atoms with van der Waals surface area (Å²) in [5.74, 6) is 2.85. The summed E-state index contributed by atoms with van der Waals surface area (Å²) in [5.41, 5.74) is 1.25. The number of guanidine groups is 1. The Morgan fingerprint density at radius 1 is 1.20 bits per heavy atom. The maximum atomic E-state index is 5.92. The molecule has 2 heterocycles. The van der Waals surface area contributed by atoms with Gasteiger partial charge in [0.05, 0.1) is 0 Å². The highest BCUT2D eigenvalue weighted by Gasteiger charge is 2.15. The average Bonchev–Trinajstić information content (AvgIpc) is 3.04. The molecule has 0 spiro atoms. The molecule has 1 aromatic heterocycles. The fourth-order valence-electron chi connectivity index (χ4n) is 2.95. The molecule has 0 radical (unpaired) electrons. The van der Waals surface area contributed by atoms with Crippen LogP contribution in [0.15, 0.2) is 29.3 Å². The lowest BCUT2D eigenvalue weighted by molar-refractivity contribution is 0.508. The highest BCUT2D eigenvalue weighted by molar-refractivity contribution is 6.30. The molecule has 0 saturated carbocycles. The zero-order valence-electron chi connectivity index (χ0n) is 14.6. The number of hydrogen-bond donors (Lipinski definition) is 2. The first-order valence-electron chi connectivity index (χ1n) is 8.94. The van der Waals surface area contributed by atoms with E-state index < -0.39 is 0 Å². The Balaban J connectivity index is 1.55. The Morgan fingerprint density at radius 2 is 2.04 bits per heavy atom. The van der Waals surface area contributed by atoms with Crippen molar-refractivity contribution in [3.8, 4) is 0 Å². The van der Waals surface area contributed by atoms with Crippen LogP contribution in [0.5, 0.6) is 0 Å². The smallest absolute Gasteiger partial charge is 0.191 e. The standard InChI is InChI=1S/C18H25ClN6/c1-2-20-18(21-11-10-14-6-8-15(19)9-7-14)22-13-17-24-23-16-5-3-4-12-25(16)17/h6-9H,2-5,10-13H2,1H3,(H2,20,21,22). The summed E-state index contributed by atoms with van der Waals surface area (Å²) in [6.07, 6.45) is 4.34. The Hall–Kier alpha value is -2.08. The molecule has 134 valence electrons. The topological polar surface area (TPSA) is 67.1 Å². The van der Waals surface area contributed by atoms with Crippen LogP contribution in [0, 0.1) is 0 Å². The molecule has 1 aliphatic heterocycles. The third kappa shape index (κ3) is 4.95. The molecule has 0 unspecified atom stereocenters. The largest absolute Gasteiger partial charge is 0.357 e. The van der Waals surface area contributed by atoms with E-state index in [0.717, 1.165) is 55.1 Å². The van der Waals surface area contributed by atoms with Crippen molar-refractivity contribution in [2.45, 2.75) is 45.7 Å². The van der Waals surface area contributed by atoms with Crippen LogP contribution in [0.3, 0.4) is 0 Å². The van der Waals surface area contributed by atoms with Crippen LogP contribution in [0.4, 0.5) is 0 Å². The summed E-state index contributed by atoms with van der Waals surface area (Å²) in [6.45, 7) is 5.25. The molecule has 0 bridgehead atoms. The Morgan fingerprint density at radius 3 is 2.84 bits per heavy atom. The second kappa shape index (κ2) is 8.85. The van der Waals surface area contributed by atoms with Crippen LogP contribution < -0.4 is 10.6 Å². The number of fused-ring (bicyclic) bond motifs is 1. The maximum absolute atomic E-state index is 5.92. The zero-order chi connectivity index (χ0) is 17.5. The molecule has 0 amide bonds. The van der Waals surface area contributed by atoms with Crippen LogP contribution in [-0.4, -0.2) is 33.8 Å². The van der Waals surface area contributed by atoms with Crippen LogP contribution >= 0.6 is 11.6 Å². The van der Waals surface area contributed by atoms with Crippen LogP contribution in [0.1, 0.15) is 37.0 Å². The lowest BCUT2D eigenvalue weighted by Crippen LogP contribution is -2.38. The number of nitrogens with zero attached hydrogens (tertiary/aromatic N) is 4. The van der Waals surface area contributed by atoms with Gasteiger partial charge in [0.2, 0.25) is 0 Å². The van der Waals surface area contributed by atoms with E-state index in [-0.39, 0.29) is 0 Å². The number of benzene rings is 1. The van der Waals surface area contributed by atoms with Gasteiger partial charge in [-0.3, -0.25) is 0 Å². The molecular formula is C18H25ClN6. The zero-order valence-corrected chi connectivity index (χ0v) is 15.4. The van der Waals surface area contributed by atoms with E-state index in [4.69, 9.17) is 11.6 Å². The third-order valence-electron chi connectivity index (χ3n) is 4.28. The summed E-state index contributed by atoms with van der Waals surface area (Å²) >= 11 is 5.92. The highest BCUT2D eigenvalue weighted by Crippen LogP contribution is 2.14. The summed E-state index contributed by atoms with van der Waals surface area (Å²) in [7, 11) is 0. The number of aryl methyl sites for hydroxylation is 1. The fourth-order valence-corrected chi connectivity index (χ4v) is 3.08. The minimum Gasteiger partial charge on any atom is -0.357 e. The maximum Gasteiger partial charge on any atom is 0.191 e. The predicted molar refractivity (Wildman–Crippen MR) is 101 cm³/mol. The van der Waals surface area contributed by atoms with Crippen molar-refractivity contribution in [3.63, 3.8) is 0 Å². The summed E-state index contributed by atoms with van der Waals surface area (Å²) in [6, 6.07) is 7.95. The quantitative estimate of drug-likeness (QED) is 0.613. The molecule has 6 nitrogen and oxygen atoms in total. The van der Waals surface area contributed by atoms with Crippen LogP contribution in [-0.2, 0) is 25.9 Å². The van der Waals surface area contributed by atoms with Gasteiger partial charge in [-0.2, -0.15) is 0 Å². The Kier molecular flexibility index (Phi) is 6.28. The normalized spacial score (nSPS) is 14.2. The summed E-state index contributed by atoms with van der Waals surface area (Å²) in [5, 5.41) is 16.0. The summed E-state index contributed by atoms with van der Waals surface area (Å²) in [4.78, 5) is 4.66. The van der Waals surface area contributed by atoms with Gasteiger partial charge in [-0.05, 0) is 43.9 Å². The van der Waals surface area contributed by atoms with Crippen molar-refractivity contribution in [2.24, 2.45) is 4.99 Å². The van der Waals surface area contributed by atoms with Crippen molar-refractivity contribution in [2.75, 3.05) is 13.1 Å². The minimum absolute atomic E-state index is 0.545. The van der Waals surface area contributed by atoms with Gasteiger partial charge in [-0.25, -0.2) is 4.99 Å². The Labute approximate surface area is 153 Å². The van der Waals surface area contributed by atoms with Crippen molar-refractivity contribution in [1.29, 1.82) is 0 Å². The highest BCUT2D eigenvalue weighted by atomic mass is 35.5. The van der Waals surface area contributed by atoms with Gasteiger partial charge in [-0.1, -0.05) is 23.7 Å². The number of hydrogen-bond acceptors (Lipinski definition) is 3. The molecule has 2 N–H and O–H groups in total. The summed E-state index contributed by atoms with van der Waals surface area (Å²) < 4.78 is 2.21. The first-order chi connectivity index (χ1) is 12.3. The number of nitrogens with one attached hydrogen (secondary N) is 2. The lowest BCUT2D eigenvalue weighted by atomic mass is 10.1. The van der Waals surface area contributed by atoms with Gasteiger partial charge in [0.25, 0.3) is 0 Å². The number of aliphatic imine (C=N–C) groups is 1. The SMILES string of the molecule is CCNC(=NCc1nnc2n1CCCC2)NCCc1ccc(Cl)cc1. The molecule has 3 rings (SSSR count). The van der Waals surface area contributed by atoms with Crippen molar-refractivity contribution >= 4 is 17.6 Å². The van der Waals surface area contributed by atoms with E-state index in [1.807, 2.05) is 12.1 Å². The molecule has 0 fully saturated rings. The monoisotopic (exact) mass is 360 g/mol. The van der Waals surface area contributed by atoms with Crippen LogP contribution in [0.25, 0.3) is 0 Å². The van der Waals surface area contributed by atoms with Gasteiger partial charge < -0.3 is 15.2 Å². The van der Waals surface area contributed by atoms with Gasteiger partial charge in [-0.15, -0.1) is 10.2 Å². The first-order valence-corrected chi connectivity index (χ1v) is 9.31. The molecule has 2 aromatic rings. The molecule has 1 aromatic carbocycles. The predicted octanol–water partition coefficient (Wildman–Crippen LogP) is 2.57. The molecule has 0 atom stereocenters. The minimum atomic E-state index is 0.545. The van der Waals surface area contributed by atoms with Gasteiger partial charge in [0, 0.05) is 31.1 Å². The number of aromatic nitrogens is 3. The van der Waals surface area contributed by atoms with E-state index in [1.54, 1.807) is 0 Å². The van der Waals surface area contributed by atoms with Crippen molar-refractivity contribution < 1.29 is 0 Å². The van der Waals surface area contributed by atoms with E-state index >= 15 is 0 Å². The lowest BCUT2D eigenvalue weighted by Gasteiger charge is -2.14. The van der Waals surface area contributed by atoms with Crippen molar-refractivity contribution in [1.82, 2.24) is 25.4 Å². The number of halogens is 1. The van der Waals surface area contributed by atoms with E-state index in [0.29, 0.717) is 6.54 Å². The van der Waals surface area contributed by atoms with Gasteiger partial charge >= 0.3 is 0 Å². The third-order valence-corrected chi connectivity index (χ3v) is 4.53. The van der Waals surface area contributed by atoms with Gasteiger partial charge in [0.15, 0.2) is 11.8 Å². The van der Waals surface area contributed by atoms with E-state index in [9.17, 15) is 0 Å². The Bertz CT molecular complexity index is 707. The molecule has 25 heavy (non-hydrogen) atoms. The fraction of sp³-hybridized carbons (Fsp3) is 0.500. The molecule has 7 heteroatoms. The second-order valence-electron chi connectivity index (χ2n) is 6.14. The average molecular weight is 361 g/mol. The van der Waals surface area contributed by atoms with E-state index in [2.05, 4.69) is 49.4 Å². The number of rotatable bonds is 6. The molecule has 0 saturated heterocycles. The molecule has 0 aliphatic carbocycles. The molecular weight excluding hydrogens is 336 g/mol. The van der Waals surface area contributed by atoms with Crippen molar-refractivity contribution in [3.05, 3.63) is 46.5 Å². The van der Waals surface area contributed by atoms with Gasteiger partial charge in [0.1, 0.15) is 12.4 Å². The van der Waals surface area contributed by atoms with E-state index in [1.165, 1.54) is 18.4 Å². The second-order valence-corrected chi connectivity index (χ2v) is 6.58. The molecule has 1 aliphatic rings.